The number of hydrogen-bond donors (Lipinski definition) is 1. The van der Waals surface area contributed by atoms with Gasteiger partial charge in [-0.05, 0) is 31.8 Å². The SMILES string of the molecule is CC(=O)O.CN(C)[C@@H]1CS(=O)(=O)[C@H]2CN(C(=O)c3ccccc3-c3ccccc3F)C[C@@H]12. The molecule has 1 amide bonds. The minimum atomic E-state index is -3.23. The maximum Gasteiger partial charge on any atom is 0.300 e. The van der Waals surface area contributed by atoms with Crippen molar-refractivity contribution in [1.29, 1.82) is 0 Å². The molecule has 2 aromatic rings. The van der Waals surface area contributed by atoms with Crippen molar-refractivity contribution in [3.05, 3.63) is 59.9 Å². The van der Waals surface area contributed by atoms with Crippen LogP contribution in [0.1, 0.15) is 17.3 Å². The van der Waals surface area contributed by atoms with Gasteiger partial charge in [0.2, 0.25) is 0 Å². The first-order valence-electron chi connectivity index (χ1n) is 10.2. The number of fused-ring (bicyclic) bond motifs is 1. The Hall–Kier alpha value is -2.78. The van der Waals surface area contributed by atoms with Crippen LogP contribution >= 0.6 is 0 Å². The molecule has 172 valence electrons. The number of amides is 1. The zero-order valence-corrected chi connectivity index (χ0v) is 19.0. The van der Waals surface area contributed by atoms with Crippen LogP contribution in [0.25, 0.3) is 11.1 Å². The molecule has 9 heteroatoms. The van der Waals surface area contributed by atoms with Crippen molar-refractivity contribution in [1.82, 2.24) is 9.80 Å². The van der Waals surface area contributed by atoms with Crippen molar-refractivity contribution >= 4 is 21.7 Å². The van der Waals surface area contributed by atoms with Crippen molar-refractivity contribution in [3.8, 4) is 11.1 Å². The fourth-order valence-corrected chi connectivity index (χ4v) is 6.96. The van der Waals surface area contributed by atoms with Gasteiger partial charge in [0, 0.05) is 43.1 Å². The second-order valence-corrected chi connectivity index (χ2v) is 10.6. The number of benzene rings is 2. The first-order valence-corrected chi connectivity index (χ1v) is 11.9. The molecular formula is C23H27FN2O5S. The monoisotopic (exact) mass is 462 g/mol. The molecule has 7 nitrogen and oxygen atoms in total. The summed E-state index contributed by atoms with van der Waals surface area (Å²) in [7, 11) is 0.520. The molecular weight excluding hydrogens is 435 g/mol. The molecule has 0 aromatic heterocycles. The maximum atomic E-state index is 14.3. The molecule has 2 saturated heterocycles. The van der Waals surface area contributed by atoms with Crippen LogP contribution in [0.15, 0.2) is 48.5 Å². The van der Waals surface area contributed by atoms with Gasteiger partial charge in [-0.2, -0.15) is 0 Å². The second kappa shape index (κ2) is 9.38. The zero-order chi connectivity index (χ0) is 23.6. The second-order valence-electron chi connectivity index (χ2n) is 8.32. The van der Waals surface area contributed by atoms with E-state index in [0.29, 0.717) is 23.2 Å². The average Bonchev–Trinajstić information content (AvgIpc) is 3.27. The Morgan fingerprint density at radius 2 is 1.59 bits per heavy atom. The normalized spacial score (nSPS) is 23.4. The maximum absolute atomic E-state index is 14.3. The molecule has 2 aliphatic heterocycles. The predicted octanol–water partition coefficient (Wildman–Crippen LogP) is 2.38. The van der Waals surface area contributed by atoms with E-state index in [4.69, 9.17) is 9.90 Å². The van der Waals surface area contributed by atoms with Gasteiger partial charge in [0.1, 0.15) is 5.82 Å². The van der Waals surface area contributed by atoms with Crippen LogP contribution in [0, 0.1) is 11.7 Å². The summed E-state index contributed by atoms with van der Waals surface area (Å²) in [6.45, 7) is 1.68. The lowest BCUT2D eigenvalue weighted by Crippen LogP contribution is -2.38. The highest BCUT2D eigenvalue weighted by atomic mass is 32.2. The Morgan fingerprint density at radius 3 is 2.19 bits per heavy atom. The van der Waals surface area contributed by atoms with Gasteiger partial charge in [0.05, 0.1) is 11.0 Å². The fourth-order valence-electron chi connectivity index (χ4n) is 4.49. The van der Waals surface area contributed by atoms with E-state index < -0.39 is 26.9 Å². The van der Waals surface area contributed by atoms with E-state index >= 15 is 0 Å². The molecule has 4 rings (SSSR count). The van der Waals surface area contributed by atoms with Crippen LogP contribution < -0.4 is 0 Å². The third kappa shape index (κ3) is 4.83. The summed E-state index contributed by atoms with van der Waals surface area (Å²) < 4.78 is 39.5. The molecule has 0 unspecified atom stereocenters. The highest BCUT2D eigenvalue weighted by Gasteiger charge is 2.53. The summed E-state index contributed by atoms with van der Waals surface area (Å²) in [5.74, 6) is -1.43. The molecule has 2 aromatic carbocycles. The number of sulfone groups is 1. The van der Waals surface area contributed by atoms with Crippen LogP contribution in [-0.4, -0.2) is 79.4 Å². The summed E-state index contributed by atoms with van der Waals surface area (Å²) in [6, 6.07) is 13.2. The topological polar surface area (TPSA) is 95.0 Å². The van der Waals surface area contributed by atoms with Crippen molar-refractivity contribution in [2.45, 2.75) is 18.2 Å². The van der Waals surface area contributed by atoms with E-state index in [9.17, 15) is 17.6 Å². The van der Waals surface area contributed by atoms with Crippen molar-refractivity contribution in [2.24, 2.45) is 5.92 Å². The van der Waals surface area contributed by atoms with Crippen molar-refractivity contribution < 1.29 is 27.5 Å². The average molecular weight is 463 g/mol. The molecule has 0 aliphatic carbocycles. The number of rotatable bonds is 3. The number of carboxylic acids is 1. The van der Waals surface area contributed by atoms with Gasteiger partial charge in [-0.15, -0.1) is 0 Å². The van der Waals surface area contributed by atoms with Crippen molar-refractivity contribution in [2.75, 3.05) is 32.9 Å². The van der Waals surface area contributed by atoms with E-state index in [-0.39, 0.29) is 30.2 Å². The largest absolute Gasteiger partial charge is 0.481 e. The van der Waals surface area contributed by atoms with E-state index in [1.807, 2.05) is 19.0 Å². The highest BCUT2D eigenvalue weighted by molar-refractivity contribution is 7.92. The molecule has 2 fully saturated rings. The number of carboxylic acid groups (broad SMARTS) is 1. The van der Waals surface area contributed by atoms with Gasteiger partial charge in [0.25, 0.3) is 11.9 Å². The van der Waals surface area contributed by atoms with Gasteiger partial charge in [-0.1, -0.05) is 36.4 Å². The van der Waals surface area contributed by atoms with Gasteiger partial charge in [-0.3, -0.25) is 9.59 Å². The van der Waals surface area contributed by atoms with E-state index in [1.165, 1.54) is 6.07 Å². The van der Waals surface area contributed by atoms with Gasteiger partial charge >= 0.3 is 0 Å². The molecule has 2 heterocycles. The van der Waals surface area contributed by atoms with E-state index in [2.05, 4.69) is 0 Å². The minimum absolute atomic E-state index is 0.0883. The lowest BCUT2D eigenvalue weighted by molar-refractivity contribution is -0.134. The van der Waals surface area contributed by atoms with Crippen LogP contribution in [0.2, 0.25) is 0 Å². The molecule has 3 atom stereocenters. The summed E-state index contributed by atoms with van der Waals surface area (Å²) >= 11 is 0. The first kappa shape index (κ1) is 23.9. The third-order valence-corrected chi connectivity index (χ3v) is 8.17. The van der Waals surface area contributed by atoms with Crippen LogP contribution in [0.3, 0.4) is 0 Å². The quantitative estimate of drug-likeness (QED) is 0.753. The third-order valence-electron chi connectivity index (χ3n) is 5.94. The lowest BCUT2D eigenvalue weighted by Gasteiger charge is -2.25. The van der Waals surface area contributed by atoms with Gasteiger partial charge in [0.15, 0.2) is 9.84 Å². The predicted molar refractivity (Wildman–Crippen MR) is 120 cm³/mol. The number of aliphatic carboxylic acids is 1. The molecule has 0 spiro atoms. The van der Waals surface area contributed by atoms with Crippen molar-refractivity contribution in [3.63, 3.8) is 0 Å². The highest BCUT2D eigenvalue weighted by Crippen LogP contribution is 2.37. The summed E-state index contributed by atoms with van der Waals surface area (Å²) in [6.07, 6.45) is 0. The standard InChI is InChI=1S/C21H23FN2O3S.C2H4O2/c1-23(2)19-13-28(26,27)20-12-24(11-17(19)20)21(25)16-9-4-3-7-14(16)15-8-5-6-10-18(15)22;1-2(3)4/h3-10,17,19-20H,11-13H2,1-2H3;1H3,(H,3,4)/t17-,19+,20-;/m0./s1. The van der Waals surface area contributed by atoms with E-state index in [0.717, 1.165) is 6.92 Å². The number of nitrogens with zero attached hydrogens (tertiary/aromatic N) is 2. The number of likely N-dealkylation sites (tertiary alicyclic amines) is 1. The number of halogens is 1. The Bertz CT molecular complexity index is 1110. The molecule has 32 heavy (non-hydrogen) atoms. The summed E-state index contributed by atoms with van der Waals surface area (Å²) in [5.41, 5.74) is 1.28. The smallest absolute Gasteiger partial charge is 0.300 e. The number of carbonyl (C=O) groups excluding carboxylic acids is 1. The number of hydrogen-bond acceptors (Lipinski definition) is 5. The Kier molecular flexibility index (Phi) is 7.00. The summed E-state index contributed by atoms with van der Waals surface area (Å²) in [5, 5.41) is 6.89. The Morgan fingerprint density at radius 1 is 1.03 bits per heavy atom. The molecule has 0 radical (unpaired) electrons. The Labute approximate surface area is 187 Å². The zero-order valence-electron chi connectivity index (χ0n) is 18.2. The Balaban J connectivity index is 0.000000668. The number of carbonyl (C=O) groups is 2. The summed E-state index contributed by atoms with van der Waals surface area (Å²) in [4.78, 5) is 25.8. The van der Waals surface area contributed by atoms with E-state index in [1.54, 1.807) is 47.4 Å². The molecule has 2 aliphatic rings. The van der Waals surface area contributed by atoms with Crippen LogP contribution in [0.5, 0.6) is 0 Å². The molecule has 1 N–H and O–H groups in total. The van der Waals surface area contributed by atoms with Gasteiger partial charge < -0.3 is 14.9 Å². The first-order chi connectivity index (χ1) is 15.0. The van der Waals surface area contributed by atoms with Gasteiger partial charge in [-0.25, -0.2) is 12.8 Å². The minimum Gasteiger partial charge on any atom is -0.481 e. The van der Waals surface area contributed by atoms with Crippen LogP contribution in [-0.2, 0) is 14.6 Å². The fraction of sp³-hybridized carbons (Fsp3) is 0.391. The van der Waals surface area contributed by atoms with Crippen LogP contribution in [0.4, 0.5) is 4.39 Å². The molecule has 0 saturated carbocycles. The lowest BCUT2D eigenvalue weighted by atomic mass is 9.98. The molecule has 0 bridgehead atoms.